The third kappa shape index (κ3) is 2.55. The van der Waals surface area contributed by atoms with Crippen LogP contribution in [0.4, 0.5) is 0 Å². The second-order valence-electron chi connectivity index (χ2n) is 5.00. The molecule has 2 heterocycles. The van der Waals surface area contributed by atoms with Gasteiger partial charge in [-0.3, -0.25) is 4.98 Å². The first-order valence-corrected chi connectivity index (χ1v) is 7.89. The minimum atomic E-state index is 0.296. The molecule has 0 aliphatic heterocycles. The molecular weight excluding hydrogens is 254 g/mol. The summed E-state index contributed by atoms with van der Waals surface area (Å²) in [6.45, 7) is 3.11. The SMILES string of the molecule is CCNC(c1cscn1)C1CCCc2cccnc21. The van der Waals surface area contributed by atoms with Crippen LogP contribution in [0.1, 0.15) is 48.7 Å². The van der Waals surface area contributed by atoms with Gasteiger partial charge in [0.05, 0.1) is 17.2 Å². The summed E-state index contributed by atoms with van der Waals surface area (Å²) in [5.74, 6) is 0.451. The molecular formula is C15H19N3S. The zero-order valence-electron chi connectivity index (χ0n) is 11.2. The Kier molecular flexibility index (Phi) is 3.89. The van der Waals surface area contributed by atoms with Crippen molar-refractivity contribution < 1.29 is 0 Å². The number of fused-ring (bicyclic) bond motifs is 1. The van der Waals surface area contributed by atoms with Crippen LogP contribution in [-0.2, 0) is 6.42 Å². The fraction of sp³-hybridized carbons (Fsp3) is 0.467. The molecule has 0 saturated heterocycles. The number of aromatic nitrogens is 2. The lowest BCUT2D eigenvalue weighted by Crippen LogP contribution is -2.30. The number of hydrogen-bond donors (Lipinski definition) is 1. The Morgan fingerprint density at radius 1 is 1.47 bits per heavy atom. The van der Waals surface area contributed by atoms with Gasteiger partial charge in [-0.25, -0.2) is 4.98 Å². The van der Waals surface area contributed by atoms with E-state index in [0.717, 1.165) is 18.7 Å². The Labute approximate surface area is 118 Å². The van der Waals surface area contributed by atoms with Crippen LogP contribution in [0.15, 0.2) is 29.2 Å². The summed E-state index contributed by atoms with van der Waals surface area (Å²) < 4.78 is 0. The average molecular weight is 273 g/mol. The number of pyridine rings is 1. The number of thiazole rings is 1. The molecule has 2 atom stereocenters. The van der Waals surface area contributed by atoms with Crippen LogP contribution in [0, 0.1) is 0 Å². The highest BCUT2D eigenvalue weighted by Gasteiger charge is 2.30. The summed E-state index contributed by atoms with van der Waals surface area (Å²) in [6, 6.07) is 4.57. The zero-order valence-corrected chi connectivity index (χ0v) is 12.0. The highest BCUT2D eigenvalue weighted by Crippen LogP contribution is 2.38. The molecule has 0 radical (unpaired) electrons. The Morgan fingerprint density at radius 3 is 3.21 bits per heavy atom. The third-order valence-electron chi connectivity index (χ3n) is 3.84. The van der Waals surface area contributed by atoms with Crippen molar-refractivity contribution >= 4 is 11.3 Å². The van der Waals surface area contributed by atoms with Gasteiger partial charge in [0.15, 0.2) is 0 Å². The van der Waals surface area contributed by atoms with E-state index in [1.165, 1.54) is 24.1 Å². The molecule has 0 saturated carbocycles. The predicted molar refractivity (Wildman–Crippen MR) is 78.4 cm³/mol. The molecule has 0 aromatic carbocycles. The summed E-state index contributed by atoms with van der Waals surface area (Å²) in [6.07, 6.45) is 5.52. The van der Waals surface area contributed by atoms with Gasteiger partial charge in [0.1, 0.15) is 0 Å². The summed E-state index contributed by atoms with van der Waals surface area (Å²) in [5.41, 5.74) is 5.77. The van der Waals surface area contributed by atoms with Crippen molar-refractivity contribution in [3.63, 3.8) is 0 Å². The van der Waals surface area contributed by atoms with Crippen molar-refractivity contribution in [1.29, 1.82) is 0 Å². The van der Waals surface area contributed by atoms with Crippen molar-refractivity contribution in [3.05, 3.63) is 46.2 Å². The van der Waals surface area contributed by atoms with Gasteiger partial charge in [-0.15, -0.1) is 11.3 Å². The molecule has 1 N–H and O–H groups in total. The van der Waals surface area contributed by atoms with Crippen molar-refractivity contribution in [2.45, 2.75) is 38.1 Å². The fourth-order valence-electron chi connectivity index (χ4n) is 3.02. The van der Waals surface area contributed by atoms with Crippen molar-refractivity contribution in [2.75, 3.05) is 6.54 Å². The number of nitrogens with one attached hydrogen (secondary N) is 1. The highest BCUT2D eigenvalue weighted by atomic mass is 32.1. The predicted octanol–water partition coefficient (Wildman–Crippen LogP) is 3.31. The summed E-state index contributed by atoms with van der Waals surface area (Å²) in [7, 11) is 0. The normalized spacial score (nSPS) is 19.9. The topological polar surface area (TPSA) is 37.8 Å². The standard InChI is InChI=1S/C15H19N3S/c1-2-16-15(13-9-19-10-18-13)12-7-3-5-11-6-4-8-17-14(11)12/h4,6,8-10,12,15-16H,2-3,5,7H2,1H3. The number of nitrogens with zero attached hydrogens (tertiary/aromatic N) is 2. The summed E-state index contributed by atoms with van der Waals surface area (Å²) >= 11 is 1.67. The number of likely N-dealkylation sites (N-methyl/N-ethyl adjacent to an activating group) is 1. The molecule has 4 heteroatoms. The van der Waals surface area contributed by atoms with Crippen LogP contribution in [0.2, 0.25) is 0 Å². The minimum Gasteiger partial charge on any atom is -0.308 e. The number of hydrogen-bond acceptors (Lipinski definition) is 4. The molecule has 2 aromatic heterocycles. The van der Waals surface area contributed by atoms with Crippen molar-refractivity contribution in [3.8, 4) is 0 Å². The second-order valence-corrected chi connectivity index (χ2v) is 5.71. The maximum atomic E-state index is 4.65. The van der Waals surface area contributed by atoms with Gasteiger partial charge in [-0.05, 0) is 37.4 Å². The third-order valence-corrected chi connectivity index (χ3v) is 4.44. The molecule has 3 rings (SSSR count). The summed E-state index contributed by atoms with van der Waals surface area (Å²) in [5, 5.41) is 5.76. The summed E-state index contributed by atoms with van der Waals surface area (Å²) in [4.78, 5) is 9.16. The molecule has 1 aliphatic carbocycles. The number of rotatable bonds is 4. The maximum Gasteiger partial charge on any atom is 0.0795 e. The van der Waals surface area contributed by atoms with E-state index in [1.807, 2.05) is 17.8 Å². The van der Waals surface area contributed by atoms with Gasteiger partial charge in [-0.1, -0.05) is 13.0 Å². The minimum absolute atomic E-state index is 0.296. The van der Waals surface area contributed by atoms with E-state index in [4.69, 9.17) is 0 Å². The van der Waals surface area contributed by atoms with Gasteiger partial charge in [0.2, 0.25) is 0 Å². The first-order valence-electron chi connectivity index (χ1n) is 6.95. The highest BCUT2D eigenvalue weighted by molar-refractivity contribution is 7.07. The van der Waals surface area contributed by atoms with Crippen molar-refractivity contribution in [1.82, 2.24) is 15.3 Å². The molecule has 1 aliphatic rings. The molecule has 0 spiro atoms. The van der Waals surface area contributed by atoms with Gasteiger partial charge in [-0.2, -0.15) is 0 Å². The van der Waals surface area contributed by atoms with Gasteiger partial charge < -0.3 is 5.32 Å². The van der Waals surface area contributed by atoms with E-state index in [1.54, 1.807) is 11.3 Å². The van der Waals surface area contributed by atoms with Gasteiger partial charge in [0, 0.05) is 23.2 Å². The molecule has 2 unspecified atom stereocenters. The van der Waals surface area contributed by atoms with Crippen LogP contribution in [0.25, 0.3) is 0 Å². The largest absolute Gasteiger partial charge is 0.308 e. The lowest BCUT2D eigenvalue weighted by molar-refractivity contribution is 0.395. The van der Waals surface area contributed by atoms with E-state index in [-0.39, 0.29) is 0 Å². The zero-order chi connectivity index (χ0) is 13.1. The maximum absolute atomic E-state index is 4.65. The monoisotopic (exact) mass is 273 g/mol. The van der Waals surface area contributed by atoms with Crippen molar-refractivity contribution in [2.24, 2.45) is 0 Å². The van der Waals surface area contributed by atoms with E-state index in [0.29, 0.717) is 12.0 Å². The Morgan fingerprint density at radius 2 is 2.42 bits per heavy atom. The first kappa shape index (κ1) is 12.8. The molecule has 100 valence electrons. The molecule has 0 amide bonds. The molecule has 3 nitrogen and oxygen atoms in total. The van der Waals surface area contributed by atoms with Crippen LogP contribution < -0.4 is 5.32 Å². The smallest absolute Gasteiger partial charge is 0.0795 e. The Bertz CT molecular complexity index is 524. The molecule has 0 bridgehead atoms. The second kappa shape index (κ2) is 5.80. The van der Waals surface area contributed by atoms with Crippen LogP contribution in [-0.4, -0.2) is 16.5 Å². The quantitative estimate of drug-likeness (QED) is 0.928. The fourth-order valence-corrected chi connectivity index (χ4v) is 3.61. The van der Waals surface area contributed by atoms with E-state index in [2.05, 4.69) is 33.7 Å². The van der Waals surface area contributed by atoms with Gasteiger partial charge in [0.25, 0.3) is 0 Å². The first-order chi connectivity index (χ1) is 9.40. The van der Waals surface area contributed by atoms with E-state index in [9.17, 15) is 0 Å². The lowest BCUT2D eigenvalue weighted by atomic mass is 9.81. The van der Waals surface area contributed by atoms with Crippen LogP contribution >= 0.6 is 11.3 Å². The lowest BCUT2D eigenvalue weighted by Gasteiger charge is -2.31. The molecule has 0 fully saturated rings. The van der Waals surface area contributed by atoms with E-state index >= 15 is 0 Å². The van der Waals surface area contributed by atoms with Gasteiger partial charge >= 0.3 is 0 Å². The molecule has 19 heavy (non-hydrogen) atoms. The van der Waals surface area contributed by atoms with Crippen LogP contribution in [0.5, 0.6) is 0 Å². The Balaban J connectivity index is 1.96. The average Bonchev–Trinajstić information content (AvgIpc) is 2.98. The van der Waals surface area contributed by atoms with Crippen LogP contribution in [0.3, 0.4) is 0 Å². The number of aryl methyl sites for hydroxylation is 1. The van der Waals surface area contributed by atoms with E-state index < -0.39 is 0 Å². The molecule has 2 aromatic rings. The Hall–Kier alpha value is -1.26.